The maximum Gasteiger partial charge on any atom is 0.317 e. The number of nitrogens with one attached hydrogen (secondary N) is 2. The van der Waals surface area contributed by atoms with Gasteiger partial charge in [0.1, 0.15) is 0 Å². The molecule has 0 spiro atoms. The van der Waals surface area contributed by atoms with Crippen molar-refractivity contribution >= 4 is 34.7 Å². The Morgan fingerprint density at radius 2 is 1.93 bits per heavy atom. The highest BCUT2D eigenvalue weighted by Gasteiger charge is 2.13. The third-order valence-electron chi connectivity index (χ3n) is 2.11. The lowest BCUT2D eigenvalue weighted by molar-refractivity contribution is -0.137. The molecule has 0 bridgehead atoms. The number of nitrogens with zero attached hydrogens (tertiary/aromatic N) is 1. The van der Waals surface area contributed by atoms with Crippen LogP contribution < -0.4 is 8.85 Å². The van der Waals surface area contributed by atoms with Crippen LogP contribution in [0.25, 0.3) is 0 Å². The summed E-state index contributed by atoms with van der Waals surface area (Å²) in [5.41, 5.74) is 0. The maximum absolute atomic E-state index is 11.0. The van der Waals surface area contributed by atoms with Gasteiger partial charge in [-0.05, 0) is 0 Å². The first-order valence-corrected chi connectivity index (χ1v) is 5.81. The summed E-state index contributed by atoms with van der Waals surface area (Å²) in [5, 5.41) is 2.54. The summed E-state index contributed by atoms with van der Waals surface area (Å²) in [6.07, 6.45) is 0. The fraction of sp³-hybridized carbons (Fsp3) is 0.750. The van der Waals surface area contributed by atoms with Crippen molar-refractivity contribution in [1.82, 2.24) is 13.7 Å². The summed E-state index contributed by atoms with van der Waals surface area (Å²) in [7, 11) is 0. The van der Waals surface area contributed by atoms with Gasteiger partial charge in [0.25, 0.3) is 0 Å². The highest BCUT2D eigenvalue weighted by Crippen LogP contribution is 1.94. The second-order valence-corrected chi connectivity index (χ2v) is 3.67. The van der Waals surface area contributed by atoms with Crippen LogP contribution in [0.2, 0.25) is 0 Å². The van der Waals surface area contributed by atoms with Gasteiger partial charge in [0.15, 0.2) is 0 Å². The summed E-state index contributed by atoms with van der Waals surface area (Å²) in [5.74, 6) is -1.20. The highest BCUT2D eigenvalue weighted by molar-refractivity contribution is 14.1. The van der Waals surface area contributed by atoms with Crippen LogP contribution in [-0.2, 0) is 14.3 Å². The Hall–Kier alpha value is -0.410. The van der Waals surface area contributed by atoms with Gasteiger partial charge in [0.2, 0.25) is 0 Å². The van der Waals surface area contributed by atoms with E-state index in [2.05, 4.69) is 13.7 Å². The zero-order chi connectivity index (χ0) is 11.1. The largest absolute Gasteiger partial charge is 0.379 e. The van der Waals surface area contributed by atoms with E-state index in [-0.39, 0.29) is 0 Å². The van der Waals surface area contributed by atoms with E-state index >= 15 is 0 Å². The molecule has 7 heteroatoms. The van der Waals surface area contributed by atoms with Crippen molar-refractivity contribution in [3.63, 3.8) is 0 Å². The molecule has 0 unspecified atom stereocenters. The van der Waals surface area contributed by atoms with Crippen molar-refractivity contribution in [3.05, 3.63) is 0 Å². The van der Waals surface area contributed by atoms with E-state index in [4.69, 9.17) is 4.74 Å². The first-order valence-electron chi connectivity index (χ1n) is 4.73. The zero-order valence-corrected chi connectivity index (χ0v) is 10.5. The second-order valence-electron chi connectivity index (χ2n) is 3.13. The molecule has 0 radical (unpaired) electrons. The Morgan fingerprint density at radius 1 is 1.27 bits per heavy atom. The van der Waals surface area contributed by atoms with Gasteiger partial charge in [0, 0.05) is 26.2 Å². The summed E-state index contributed by atoms with van der Waals surface area (Å²) in [6, 6.07) is 0. The molecule has 0 saturated carbocycles. The average Bonchev–Trinajstić information content (AvgIpc) is 2.29. The Morgan fingerprint density at radius 3 is 2.53 bits per heavy atom. The van der Waals surface area contributed by atoms with E-state index < -0.39 is 11.8 Å². The van der Waals surface area contributed by atoms with E-state index in [1.807, 2.05) is 0 Å². The van der Waals surface area contributed by atoms with Gasteiger partial charge in [-0.2, -0.15) is 0 Å². The van der Waals surface area contributed by atoms with Gasteiger partial charge in [-0.15, -0.1) is 0 Å². The van der Waals surface area contributed by atoms with Gasteiger partial charge in [-0.3, -0.25) is 18.0 Å². The molecular formula is C8H14IN3O3. The predicted octanol–water partition coefficient (Wildman–Crippen LogP) is -1.10. The summed E-state index contributed by atoms with van der Waals surface area (Å²) >= 11 is 1.64. The van der Waals surface area contributed by atoms with E-state index in [0.717, 1.165) is 32.8 Å². The van der Waals surface area contributed by atoms with Gasteiger partial charge in [0.05, 0.1) is 36.1 Å². The third kappa shape index (κ3) is 4.76. The molecule has 0 aromatic rings. The van der Waals surface area contributed by atoms with Gasteiger partial charge >= 0.3 is 11.8 Å². The second kappa shape index (κ2) is 6.96. The monoisotopic (exact) mass is 327 g/mol. The molecule has 15 heavy (non-hydrogen) atoms. The number of halogens is 1. The Balaban J connectivity index is 2.09. The maximum atomic E-state index is 11.0. The first-order chi connectivity index (χ1) is 7.24. The van der Waals surface area contributed by atoms with E-state index in [1.54, 1.807) is 22.9 Å². The quantitative estimate of drug-likeness (QED) is 0.392. The van der Waals surface area contributed by atoms with Gasteiger partial charge < -0.3 is 10.1 Å². The van der Waals surface area contributed by atoms with E-state index in [1.165, 1.54) is 0 Å². The third-order valence-corrected chi connectivity index (χ3v) is 2.60. The predicted molar refractivity (Wildman–Crippen MR) is 62.4 cm³/mol. The standard InChI is InChI=1S/C8H14IN3O3/c9-11-8(14)7(13)10-1-2-12-3-5-15-6-4-12/h1-6H2,(H,10,13)(H,11,14). The number of carbonyl (C=O) groups is 2. The van der Waals surface area contributed by atoms with Crippen LogP contribution in [0.5, 0.6) is 0 Å². The molecule has 1 aliphatic rings. The Kier molecular flexibility index (Phi) is 5.88. The minimum atomic E-state index is -0.613. The topological polar surface area (TPSA) is 70.7 Å². The van der Waals surface area contributed by atoms with Crippen molar-refractivity contribution in [3.8, 4) is 0 Å². The van der Waals surface area contributed by atoms with Crippen molar-refractivity contribution in [1.29, 1.82) is 0 Å². The molecule has 1 aliphatic heterocycles. The number of hydrogen-bond donors (Lipinski definition) is 2. The number of amides is 2. The number of ether oxygens (including phenoxy) is 1. The fourth-order valence-electron chi connectivity index (χ4n) is 1.28. The molecule has 2 amide bonds. The summed E-state index contributed by atoms with van der Waals surface area (Å²) < 4.78 is 7.43. The SMILES string of the molecule is O=C(NI)C(=O)NCCN1CCOCC1. The lowest BCUT2D eigenvalue weighted by Crippen LogP contribution is -2.43. The van der Waals surface area contributed by atoms with Crippen molar-refractivity contribution in [2.75, 3.05) is 39.4 Å². The lowest BCUT2D eigenvalue weighted by atomic mass is 10.4. The zero-order valence-electron chi connectivity index (χ0n) is 8.29. The van der Waals surface area contributed by atoms with Crippen molar-refractivity contribution in [2.45, 2.75) is 0 Å². The Labute approximate surface area is 102 Å². The van der Waals surface area contributed by atoms with Gasteiger partial charge in [-0.25, -0.2) is 0 Å². The van der Waals surface area contributed by atoms with Crippen LogP contribution in [0.4, 0.5) is 0 Å². The molecule has 2 N–H and O–H groups in total. The molecule has 0 aromatic carbocycles. The minimum Gasteiger partial charge on any atom is -0.379 e. The number of carbonyl (C=O) groups excluding carboxylic acids is 2. The normalized spacial score (nSPS) is 17.1. The first kappa shape index (κ1) is 12.7. The minimum absolute atomic E-state index is 0.489. The summed E-state index contributed by atoms with van der Waals surface area (Å²) in [6.45, 7) is 4.49. The highest BCUT2D eigenvalue weighted by atomic mass is 127. The Bertz CT molecular complexity index is 231. The lowest BCUT2D eigenvalue weighted by Gasteiger charge is -2.26. The van der Waals surface area contributed by atoms with Crippen molar-refractivity contribution in [2.24, 2.45) is 0 Å². The fourth-order valence-corrected chi connectivity index (χ4v) is 1.52. The molecule has 0 aliphatic carbocycles. The molecule has 1 rings (SSSR count). The molecular weight excluding hydrogens is 313 g/mol. The average molecular weight is 327 g/mol. The van der Waals surface area contributed by atoms with Crippen LogP contribution in [-0.4, -0.2) is 56.1 Å². The molecule has 86 valence electrons. The molecule has 1 fully saturated rings. The van der Waals surface area contributed by atoms with Crippen molar-refractivity contribution < 1.29 is 14.3 Å². The van der Waals surface area contributed by atoms with E-state index in [0.29, 0.717) is 6.54 Å². The van der Waals surface area contributed by atoms with Crippen LogP contribution in [0.1, 0.15) is 0 Å². The molecule has 0 atom stereocenters. The van der Waals surface area contributed by atoms with Gasteiger partial charge in [-0.1, -0.05) is 0 Å². The van der Waals surface area contributed by atoms with E-state index in [9.17, 15) is 9.59 Å². The molecule has 0 aromatic heterocycles. The molecule has 1 saturated heterocycles. The summed E-state index contributed by atoms with van der Waals surface area (Å²) in [4.78, 5) is 24.1. The van der Waals surface area contributed by atoms with Crippen LogP contribution in [0.15, 0.2) is 0 Å². The number of hydrogen-bond acceptors (Lipinski definition) is 4. The van der Waals surface area contributed by atoms with Crippen LogP contribution in [0.3, 0.4) is 0 Å². The number of morpholine rings is 1. The number of rotatable bonds is 3. The molecule has 6 nitrogen and oxygen atoms in total. The van der Waals surface area contributed by atoms with Crippen LogP contribution >= 0.6 is 22.9 Å². The smallest absolute Gasteiger partial charge is 0.317 e. The molecule has 1 heterocycles. The van der Waals surface area contributed by atoms with Crippen LogP contribution in [0, 0.1) is 0 Å².